The van der Waals surface area contributed by atoms with Crippen LogP contribution in [0.1, 0.15) is 26.7 Å². The average molecular weight is 270 g/mol. The van der Waals surface area contributed by atoms with E-state index in [1.54, 1.807) is 0 Å². The Balaban J connectivity index is 2.24. The van der Waals surface area contributed by atoms with E-state index in [0.29, 0.717) is 6.54 Å². The third kappa shape index (κ3) is 2.34. The average Bonchev–Trinajstić information content (AvgIpc) is 2.94. The van der Waals surface area contributed by atoms with E-state index < -0.39 is 23.5 Å². The summed E-state index contributed by atoms with van der Waals surface area (Å²) in [7, 11) is 0. The Morgan fingerprint density at radius 2 is 2.11 bits per heavy atom. The van der Waals surface area contributed by atoms with Gasteiger partial charge in [0.05, 0.1) is 11.5 Å². The van der Waals surface area contributed by atoms with E-state index >= 15 is 0 Å². The number of hydrogen-bond donors (Lipinski definition) is 3. The Labute approximate surface area is 112 Å². The zero-order valence-corrected chi connectivity index (χ0v) is 11.4. The van der Waals surface area contributed by atoms with Gasteiger partial charge >= 0.3 is 5.97 Å². The lowest BCUT2D eigenvalue weighted by Gasteiger charge is -2.36. The van der Waals surface area contributed by atoms with E-state index in [-0.39, 0.29) is 24.8 Å². The summed E-state index contributed by atoms with van der Waals surface area (Å²) in [6.45, 7) is 5.48. The number of hydrogen-bond acceptors (Lipinski definition) is 4. The van der Waals surface area contributed by atoms with E-state index in [1.807, 2.05) is 13.8 Å². The van der Waals surface area contributed by atoms with Crippen molar-refractivity contribution in [2.75, 3.05) is 19.6 Å². The molecule has 0 spiro atoms. The van der Waals surface area contributed by atoms with Gasteiger partial charge in [0.1, 0.15) is 6.04 Å². The van der Waals surface area contributed by atoms with Crippen LogP contribution in [0.15, 0.2) is 0 Å². The molecule has 2 fully saturated rings. The molecule has 6 heteroatoms. The molecule has 3 N–H and O–H groups in total. The zero-order chi connectivity index (χ0) is 14.2. The van der Waals surface area contributed by atoms with Crippen molar-refractivity contribution < 1.29 is 19.8 Å². The van der Waals surface area contributed by atoms with Crippen molar-refractivity contribution in [3.05, 3.63) is 0 Å². The fraction of sp³-hybridized carbons (Fsp3) is 0.846. The van der Waals surface area contributed by atoms with Gasteiger partial charge < -0.3 is 20.4 Å². The Kier molecular flexibility index (Phi) is 3.82. The Morgan fingerprint density at radius 3 is 2.58 bits per heavy atom. The number of β-amino-alcohol motifs (C(OH)–C–C–N with tert-alkyl or cyclic N) is 1. The van der Waals surface area contributed by atoms with Gasteiger partial charge in [0.25, 0.3) is 0 Å². The summed E-state index contributed by atoms with van der Waals surface area (Å²) in [5, 5.41) is 22.1. The first-order valence-corrected chi connectivity index (χ1v) is 6.81. The third-order valence-electron chi connectivity index (χ3n) is 4.54. The van der Waals surface area contributed by atoms with Gasteiger partial charge in [-0.05, 0) is 18.9 Å². The molecule has 1 amide bonds. The topological polar surface area (TPSA) is 89.9 Å². The number of rotatable bonds is 3. The molecule has 2 aliphatic rings. The molecule has 2 heterocycles. The lowest BCUT2D eigenvalue weighted by molar-refractivity contribution is -0.154. The van der Waals surface area contributed by atoms with Crippen LogP contribution in [0.5, 0.6) is 0 Å². The SMILES string of the molecule is CC(C)C1(C(=O)N2C[C@H](O)C[C@H]2C(=O)O)CCNC1. The van der Waals surface area contributed by atoms with Crippen LogP contribution in [0.4, 0.5) is 0 Å². The number of carboxylic acids is 1. The number of aliphatic carboxylic acids is 1. The van der Waals surface area contributed by atoms with Crippen molar-refractivity contribution in [1.29, 1.82) is 0 Å². The maximum Gasteiger partial charge on any atom is 0.326 e. The molecule has 3 atom stereocenters. The number of nitrogens with one attached hydrogen (secondary N) is 1. The molecule has 19 heavy (non-hydrogen) atoms. The zero-order valence-electron chi connectivity index (χ0n) is 11.4. The van der Waals surface area contributed by atoms with Gasteiger partial charge in [-0.1, -0.05) is 13.8 Å². The molecule has 0 aromatic rings. The summed E-state index contributed by atoms with van der Waals surface area (Å²) >= 11 is 0. The van der Waals surface area contributed by atoms with Crippen LogP contribution in [0.25, 0.3) is 0 Å². The molecule has 1 unspecified atom stereocenters. The normalized spacial score (nSPS) is 35.1. The second-order valence-corrected chi connectivity index (χ2v) is 5.94. The van der Waals surface area contributed by atoms with E-state index in [1.165, 1.54) is 4.90 Å². The number of nitrogens with zero attached hydrogens (tertiary/aromatic N) is 1. The van der Waals surface area contributed by atoms with Crippen molar-refractivity contribution in [3.8, 4) is 0 Å². The van der Waals surface area contributed by atoms with Crippen molar-refractivity contribution in [2.45, 2.75) is 38.8 Å². The maximum atomic E-state index is 12.8. The van der Waals surface area contributed by atoms with Crippen LogP contribution in [-0.4, -0.2) is 58.8 Å². The van der Waals surface area contributed by atoms with E-state index in [9.17, 15) is 19.8 Å². The number of aliphatic hydroxyl groups is 1. The summed E-state index contributed by atoms with van der Waals surface area (Å²) in [6, 6.07) is -0.890. The van der Waals surface area contributed by atoms with Gasteiger partial charge in [-0.15, -0.1) is 0 Å². The maximum absolute atomic E-state index is 12.8. The first kappa shape index (κ1) is 14.3. The van der Waals surface area contributed by atoms with Crippen LogP contribution in [0, 0.1) is 11.3 Å². The molecular formula is C13H22N2O4. The van der Waals surface area contributed by atoms with Crippen molar-refractivity contribution >= 4 is 11.9 Å². The highest BCUT2D eigenvalue weighted by Gasteiger charge is 2.50. The second kappa shape index (κ2) is 5.09. The highest BCUT2D eigenvalue weighted by atomic mass is 16.4. The van der Waals surface area contributed by atoms with Crippen LogP contribution in [0.3, 0.4) is 0 Å². The molecule has 2 rings (SSSR count). The minimum absolute atomic E-state index is 0.128. The van der Waals surface area contributed by atoms with Gasteiger partial charge in [0.15, 0.2) is 0 Å². The largest absolute Gasteiger partial charge is 0.480 e. The second-order valence-electron chi connectivity index (χ2n) is 5.94. The highest BCUT2D eigenvalue weighted by Crippen LogP contribution is 2.38. The fourth-order valence-electron chi connectivity index (χ4n) is 3.19. The Hall–Kier alpha value is -1.14. The first-order chi connectivity index (χ1) is 8.88. The minimum Gasteiger partial charge on any atom is -0.480 e. The molecule has 0 radical (unpaired) electrons. The molecule has 2 saturated heterocycles. The minimum atomic E-state index is -1.03. The monoisotopic (exact) mass is 270 g/mol. The Bertz CT molecular complexity index is 377. The third-order valence-corrected chi connectivity index (χ3v) is 4.54. The van der Waals surface area contributed by atoms with Gasteiger partial charge in [-0.25, -0.2) is 4.79 Å². The lowest BCUT2D eigenvalue weighted by Crippen LogP contribution is -2.51. The molecular weight excluding hydrogens is 248 g/mol. The van der Waals surface area contributed by atoms with Gasteiger partial charge in [-0.2, -0.15) is 0 Å². The summed E-state index contributed by atoms with van der Waals surface area (Å²) in [6.07, 6.45) is 0.120. The summed E-state index contributed by atoms with van der Waals surface area (Å²) < 4.78 is 0. The fourth-order valence-corrected chi connectivity index (χ4v) is 3.19. The van der Waals surface area contributed by atoms with Crippen molar-refractivity contribution in [3.63, 3.8) is 0 Å². The Morgan fingerprint density at radius 1 is 1.42 bits per heavy atom. The molecule has 0 aromatic carbocycles. The van der Waals surface area contributed by atoms with E-state index in [2.05, 4.69) is 5.32 Å². The highest BCUT2D eigenvalue weighted by molar-refractivity contribution is 5.89. The molecule has 0 aliphatic carbocycles. The molecule has 2 aliphatic heterocycles. The lowest BCUT2D eigenvalue weighted by atomic mass is 9.75. The van der Waals surface area contributed by atoms with Crippen molar-refractivity contribution in [2.24, 2.45) is 11.3 Å². The number of carbonyl (C=O) groups excluding carboxylic acids is 1. The smallest absolute Gasteiger partial charge is 0.326 e. The van der Waals surface area contributed by atoms with Crippen LogP contribution in [-0.2, 0) is 9.59 Å². The van der Waals surface area contributed by atoms with Crippen LogP contribution >= 0.6 is 0 Å². The predicted octanol–water partition coefficient (Wildman–Crippen LogP) is -0.331. The summed E-state index contributed by atoms with van der Waals surface area (Å²) in [5.74, 6) is -1.02. The predicted molar refractivity (Wildman–Crippen MR) is 68.5 cm³/mol. The number of carboxylic acid groups (broad SMARTS) is 1. The van der Waals surface area contributed by atoms with Gasteiger partial charge in [0, 0.05) is 19.5 Å². The summed E-state index contributed by atoms with van der Waals surface area (Å²) in [5.41, 5.74) is -0.530. The standard InChI is InChI=1S/C13H22N2O4/c1-8(2)13(3-4-14-7-13)12(19)15-6-9(16)5-10(15)11(17)18/h8-10,14,16H,3-7H2,1-2H3,(H,17,18)/t9-,10+,13?/m1/s1. The molecule has 0 saturated carbocycles. The number of aliphatic hydroxyl groups excluding tert-OH is 1. The molecule has 0 aromatic heterocycles. The molecule has 0 bridgehead atoms. The number of carbonyl (C=O) groups is 2. The van der Waals surface area contributed by atoms with Crippen molar-refractivity contribution in [1.82, 2.24) is 10.2 Å². The van der Waals surface area contributed by atoms with E-state index in [0.717, 1.165) is 13.0 Å². The quantitative estimate of drug-likeness (QED) is 0.653. The van der Waals surface area contributed by atoms with Gasteiger partial charge in [0.2, 0.25) is 5.91 Å². The van der Waals surface area contributed by atoms with Crippen LogP contribution in [0.2, 0.25) is 0 Å². The van der Waals surface area contributed by atoms with Crippen LogP contribution < -0.4 is 5.32 Å². The first-order valence-electron chi connectivity index (χ1n) is 6.81. The number of likely N-dealkylation sites (tertiary alicyclic amines) is 1. The van der Waals surface area contributed by atoms with Gasteiger partial charge in [-0.3, -0.25) is 4.79 Å². The summed E-state index contributed by atoms with van der Waals surface area (Å²) in [4.78, 5) is 25.4. The molecule has 108 valence electrons. The number of amides is 1. The van der Waals surface area contributed by atoms with E-state index in [4.69, 9.17) is 0 Å². The molecule has 6 nitrogen and oxygen atoms in total.